The van der Waals surface area contributed by atoms with E-state index in [1.54, 1.807) is 19.1 Å². The van der Waals surface area contributed by atoms with E-state index in [1.165, 1.54) is 23.9 Å². The van der Waals surface area contributed by atoms with Crippen molar-refractivity contribution in [2.45, 2.75) is 30.1 Å². The Bertz CT molecular complexity index is 1070. The smallest absolute Gasteiger partial charge is 0.228 e. The molecule has 0 bridgehead atoms. The number of nitrogens with one attached hydrogen (secondary N) is 2. The van der Waals surface area contributed by atoms with Crippen LogP contribution in [-0.2, 0) is 19.4 Å². The SMILES string of the molecule is Cc1cc(NC(=O)C(C)CS(=O)(=O)c2ccc3c(c2)NC(=O)CCS3)ccc1Br. The van der Waals surface area contributed by atoms with E-state index in [4.69, 9.17) is 0 Å². The lowest BCUT2D eigenvalue weighted by Crippen LogP contribution is -2.27. The second kappa shape index (κ2) is 8.89. The van der Waals surface area contributed by atoms with Crippen molar-refractivity contribution in [1.82, 2.24) is 0 Å². The van der Waals surface area contributed by atoms with E-state index in [0.29, 0.717) is 23.5 Å². The van der Waals surface area contributed by atoms with E-state index in [1.807, 2.05) is 19.1 Å². The maximum Gasteiger partial charge on any atom is 0.228 e. The third-order valence-electron chi connectivity index (χ3n) is 4.51. The van der Waals surface area contributed by atoms with E-state index in [0.717, 1.165) is 14.9 Å². The molecule has 1 aliphatic heterocycles. The van der Waals surface area contributed by atoms with E-state index in [2.05, 4.69) is 26.6 Å². The van der Waals surface area contributed by atoms with Crippen LogP contribution in [0.2, 0.25) is 0 Å². The van der Waals surface area contributed by atoms with E-state index >= 15 is 0 Å². The standard InChI is InChI=1S/C20H21BrN2O4S2/c1-12-9-14(3-5-16(12)21)22-20(25)13(2)11-29(26,27)15-4-6-18-17(10-15)23-19(24)7-8-28-18/h3-6,9-10,13H,7-8,11H2,1-2H3,(H,22,25)(H,23,24). The minimum atomic E-state index is -3.70. The third-order valence-corrected chi connectivity index (χ3v) is 8.39. The van der Waals surface area contributed by atoms with Crippen LogP contribution in [0.4, 0.5) is 11.4 Å². The Hall–Kier alpha value is -1.84. The van der Waals surface area contributed by atoms with Crippen LogP contribution < -0.4 is 10.6 Å². The Balaban J connectivity index is 1.73. The average Bonchev–Trinajstić information content (AvgIpc) is 2.84. The molecule has 0 saturated heterocycles. The van der Waals surface area contributed by atoms with Gasteiger partial charge in [0, 0.05) is 33.1 Å². The van der Waals surface area contributed by atoms with Gasteiger partial charge in [-0.3, -0.25) is 9.59 Å². The minimum Gasteiger partial charge on any atom is -0.326 e. The number of halogens is 1. The molecule has 154 valence electrons. The van der Waals surface area contributed by atoms with Crippen molar-refractivity contribution in [3.63, 3.8) is 0 Å². The number of hydrogen-bond donors (Lipinski definition) is 2. The Labute approximate surface area is 182 Å². The molecule has 1 unspecified atom stereocenters. The van der Waals surface area contributed by atoms with E-state index < -0.39 is 15.8 Å². The number of fused-ring (bicyclic) bond motifs is 1. The molecule has 1 heterocycles. The minimum absolute atomic E-state index is 0.0955. The summed E-state index contributed by atoms with van der Waals surface area (Å²) in [7, 11) is -3.70. The van der Waals surface area contributed by atoms with Gasteiger partial charge in [0.05, 0.1) is 16.3 Å². The number of sulfone groups is 1. The molecule has 2 aromatic rings. The van der Waals surface area contributed by atoms with E-state index in [-0.39, 0.29) is 22.5 Å². The van der Waals surface area contributed by atoms with Crippen LogP contribution in [0.25, 0.3) is 0 Å². The largest absolute Gasteiger partial charge is 0.326 e. The Kier molecular flexibility index (Phi) is 6.70. The fourth-order valence-corrected chi connectivity index (χ4v) is 5.64. The van der Waals surface area contributed by atoms with Crippen LogP contribution in [0.15, 0.2) is 50.7 Å². The van der Waals surface area contributed by atoms with Gasteiger partial charge in [-0.25, -0.2) is 8.42 Å². The highest BCUT2D eigenvalue weighted by atomic mass is 79.9. The van der Waals surface area contributed by atoms with Gasteiger partial charge in [0.2, 0.25) is 11.8 Å². The normalized spacial score (nSPS) is 15.1. The molecule has 0 radical (unpaired) electrons. The van der Waals surface area contributed by atoms with Gasteiger partial charge in [0.25, 0.3) is 0 Å². The lowest BCUT2D eigenvalue weighted by molar-refractivity contribution is -0.119. The van der Waals surface area contributed by atoms with Gasteiger partial charge < -0.3 is 10.6 Å². The van der Waals surface area contributed by atoms with Crippen molar-refractivity contribution in [3.8, 4) is 0 Å². The summed E-state index contributed by atoms with van der Waals surface area (Å²) in [6.07, 6.45) is 0.383. The quantitative estimate of drug-likeness (QED) is 0.645. The van der Waals surface area contributed by atoms with Crippen molar-refractivity contribution in [3.05, 3.63) is 46.4 Å². The van der Waals surface area contributed by atoms with Crippen LogP contribution in [0.5, 0.6) is 0 Å². The third kappa shape index (κ3) is 5.40. The second-order valence-electron chi connectivity index (χ2n) is 6.94. The number of hydrogen-bond acceptors (Lipinski definition) is 5. The summed E-state index contributed by atoms with van der Waals surface area (Å²) < 4.78 is 26.6. The van der Waals surface area contributed by atoms with Gasteiger partial charge in [-0.2, -0.15) is 0 Å². The summed E-state index contributed by atoms with van der Waals surface area (Å²) >= 11 is 4.91. The molecule has 0 saturated carbocycles. The molecule has 3 rings (SSSR count). The predicted octanol–water partition coefficient (Wildman–Crippen LogP) is 4.24. The van der Waals surface area contributed by atoms with Gasteiger partial charge in [-0.05, 0) is 48.9 Å². The van der Waals surface area contributed by atoms with Crippen LogP contribution in [0.1, 0.15) is 18.9 Å². The number of aryl methyl sites for hydroxylation is 1. The monoisotopic (exact) mass is 496 g/mol. The first-order valence-electron chi connectivity index (χ1n) is 9.02. The first-order chi connectivity index (χ1) is 13.7. The molecule has 2 amide bonds. The summed E-state index contributed by atoms with van der Waals surface area (Å²) in [5.41, 5.74) is 2.08. The molecule has 0 spiro atoms. The number of carbonyl (C=O) groups is 2. The van der Waals surface area contributed by atoms with E-state index in [9.17, 15) is 18.0 Å². The van der Waals surface area contributed by atoms with Gasteiger partial charge >= 0.3 is 0 Å². The fraction of sp³-hybridized carbons (Fsp3) is 0.300. The number of thioether (sulfide) groups is 1. The van der Waals surface area contributed by atoms with Gasteiger partial charge in [-0.15, -0.1) is 11.8 Å². The van der Waals surface area contributed by atoms with Crippen LogP contribution in [0, 0.1) is 12.8 Å². The van der Waals surface area contributed by atoms with Crippen molar-refractivity contribution in [2.24, 2.45) is 5.92 Å². The van der Waals surface area contributed by atoms with Crippen molar-refractivity contribution in [1.29, 1.82) is 0 Å². The molecule has 6 nitrogen and oxygen atoms in total. The highest BCUT2D eigenvalue weighted by molar-refractivity contribution is 9.10. The second-order valence-corrected chi connectivity index (χ2v) is 11.0. The van der Waals surface area contributed by atoms with Gasteiger partial charge in [0.1, 0.15) is 0 Å². The number of carbonyl (C=O) groups excluding carboxylic acids is 2. The lowest BCUT2D eigenvalue weighted by Gasteiger charge is -2.14. The number of benzene rings is 2. The molecule has 9 heteroatoms. The van der Waals surface area contributed by atoms with Gasteiger partial charge in [0.15, 0.2) is 9.84 Å². The first-order valence-corrected chi connectivity index (χ1v) is 12.5. The van der Waals surface area contributed by atoms with Crippen LogP contribution >= 0.6 is 27.7 Å². The molecule has 1 atom stereocenters. The first kappa shape index (κ1) is 21.9. The molecular formula is C20H21BrN2O4S2. The molecule has 0 aliphatic carbocycles. The lowest BCUT2D eigenvalue weighted by atomic mass is 10.2. The molecule has 0 fully saturated rings. The van der Waals surface area contributed by atoms with Crippen LogP contribution in [0.3, 0.4) is 0 Å². The van der Waals surface area contributed by atoms with Crippen molar-refractivity contribution in [2.75, 3.05) is 22.1 Å². The van der Waals surface area contributed by atoms with Crippen molar-refractivity contribution < 1.29 is 18.0 Å². The Morgan fingerprint density at radius 2 is 2.03 bits per heavy atom. The zero-order valence-electron chi connectivity index (χ0n) is 16.0. The number of anilines is 2. The summed E-state index contributed by atoms with van der Waals surface area (Å²) in [6.45, 7) is 3.49. The maximum atomic E-state index is 12.8. The topological polar surface area (TPSA) is 92.3 Å². The van der Waals surface area contributed by atoms with Crippen molar-refractivity contribution >= 4 is 60.7 Å². The predicted molar refractivity (Wildman–Crippen MR) is 119 cm³/mol. The summed E-state index contributed by atoms with van der Waals surface area (Å²) in [5, 5.41) is 5.51. The molecule has 29 heavy (non-hydrogen) atoms. The van der Waals surface area contributed by atoms with Crippen LogP contribution in [-0.4, -0.2) is 31.7 Å². The molecule has 1 aliphatic rings. The summed E-state index contributed by atoms with van der Waals surface area (Å²) in [4.78, 5) is 25.2. The maximum absolute atomic E-state index is 12.8. The Morgan fingerprint density at radius 1 is 1.28 bits per heavy atom. The summed E-state index contributed by atoms with van der Waals surface area (Å²) in [6, 6.07) is 10.1. The molecule has 2 N–H and O–H groups in total. The zero-order chi connectivity index (χ0) is 21.2. The average molecular weight is 497 g/mol. The Morgan fingerprint density at radius 3 is 2.76 bits per heavy atom. The highest BCUT2D eigenvalue weighted by Crippen LogP contribution is 2.33. The fourth-order valence-electron chi connectivity index (χ4n) is 2.88. The molecule has 2 aromatic carbocycles. The zero-order valence-corrected chi connectivity index (χ0v) is 19.2. The molecule has 0 aromatic heterocycles. The van der Waals surface area contributed by atoms with Gasteiger partial charge in [-0.1, -0.05) is 22.9 Å². The number of rotatable bonds is 5. The molecular weight excluding hydrogens is 476 g/mol. The highest BCUT2D eigenvalue weighted by Gasteiger charge is 2.25. The summed E-state index contributed by atoms with van der Waals surface area (Å²) in [5.74, 6) is -0.921. The number of amides is 2.